The largest absolute Gasteiger partial charge is 0.508 e. The van der Waals surface area contributed by atoms with Gasteiger partial charge in [-0.1, -0.05) is 24.3 Å². The summed E-state index contributed by atoms with van der Waals surface area (Å²) in [5.74, 6) is 0.155. The van der Waals surface area contributed by atoms with E-state index in [0.717, 1.165) is 40.4 Å². The number of amides is 1. The number of hydrogen-bond acceptors (Lipinski definition) is 3. The van der Waals surface area contributed by atoms with Gasteiger partial charge >= 0.3 is 0 Å². The minimum Gasteiger partial charge on any atom is -0.508 e. The number of phenols is 1. The van der Waals surface area contributed by atoms with Gasteiger partial charge in [0, 0.05) is 10.9 Å². The van der Waals surface area contributed by atoms with Crippen LogP contribution in [0.2, 0.25) is 0 Å². The molecule has 4 nitrogen and oxygen atoms in total. The van der Waals surface area contributed by atoms with Crippen LogP contribution in [-0.2, 0) is 6.42 Å². The Morgan fingerprint density at radius 3 is 2.73 bits per heavy atom. The summed E-state index contributed by atoms with van der Waals surface area (Å²) >= 11 is 2.05. The summed E-state index contributed by atoms with van der Waals surface area (Å²) in [5, 5.41) is 11.5. The lowest BCUT2D eigenvalue weighted by molar-refractivity contribution is 0.101. The molecule has 0 aromatic heterocycles. The predicted molar refractivity (Wildman–Crippen MR) is 115 cm³/mol. The van der Waals surface area contributed by atoms with Crippen LogP contribution < -0.4 is 8.85 Å². The minimum atomic E-state index is -0.0572. The van der Waals surface area contributed by atoms with Crippen LogP contribution in [0.4, 0.5) is 5.69 Å². The maximum Gasteiger partial charge on any atom is 0.267 e. The number of benzene rings is 3. The quantitative estimate of drug-likeness (QED) is 0.427. The van der Waals surface area contributed by atoms with Gasteiger partial charge in [-0.2, -0.15) is 0 Å². The zero-order valence-corrected chi connectivity index (χ0v) is 16.7. The van der Waals surface area contributed by atoms with E-state index in [1.807, 2.05) is 43.3 Å². The van der Waals surface area contributed by atoms with Crippen LogP contribution in [0.1, 0.15) is 27.9 Å². The van der Waals surface area contributed by atoms with E-state index in [0.29, 0.717) is 12.1 Å². The van der Waals surface area contributed by atoms with Crippen molar-refractivity contribution in [1.82, 2.24) is 0 Å². The standard InChI is InChI=1S/C21H21IN2O2/c1-14-7-8-15(4-3-11-23)12-19(14)21(26)24(22)20-6-2-5-16-13-17(25)9-10-18(16)20/h2,5-10,12-13,25H,3-4,11,23H2,1H3. The molecular formula is C21H21IN2O2. The molecule has 0 spiro atoms. The van der Waals surface area contributed by atoms with Gasteiger partial charge in [-0.3, -0.25) is 4.79 Å². The van der Waals surface area contributed by atoms with Gasteiger partial charge in [0.2, 0.25) is 0 Å². The molecule has 26 heavy (non-hydrogen) atoms. The highest BCUT2D eigenvalue weighted by Crippen LogP contribution is 2.32. The van der Waals surface area contributed by atoms with Crippen LogP contribution >= 0.6 is 22.9 Å². The number of fused-ring (bicyclic) bond motifs is 1. The van der Waals surface area contributed by atoms with Crippen LogP contribution in [0.25, 0.3) is 10.8 Å². The van der Waals surface area contributed by atoms with Crippen molar-refractivity contribution in [3.8, 4) is 5.75 Å². The zero-order chi connectivity index (χ0) is 18.7. The van der Waals surface area contributed by atoms with E-state index in [2.05, 4.69) is 28.9 Å². The lowest BCUT2D eigenvalue weighted by Crippen LogP contribution is -2.21. The number of carbonyl (C=O) groups excluding carboxylic acids is 1. The third kappa shape index (κ3) is 3.83. The monoisotopic (exact) mass is 460 g/mol. The third-order valence-electron chi connectivity index (χ3n) is 4.43. The van der Waals surface area contributed by atoms with E-state index in [9.17, 15) is 9.90 Å². The lowest BCUT2D eigenvalue weighted by Gasteiger charge is -2.19. The highest BCUT2D eigenvalue weighted by atomic mass is 127. The molecule has 0 aliphatic rings. The molecule has 5 heteroatoms. The molecular weight excluding hydrogens is 439 g/mol. The summed E-state index contributed by atoms with van der Waals surface area (Å²) in [6, 6.07) is 16.9. The summed E-state index contributed by atoms with van der Waals surface area (Å²) in [5.41, 5.74) is 9.17. The molecule has 0 fully saturated rings. The van der Waals surface area contributed by atoms with E-state index in [1.54, 1.807) is 15.2 Å². The number of aryl methyl sites for hydroxylation is 2. The van der Waals surface area contributed by atoms with Gasteiger partial charge in [0.05, 0.1) is 28.6 Å². The van der Waals surface area contributed by atoms with Crippen LogP contribution in [0.15, 0.2) is 54.6 Å². The zero-order valence-electron chi connectivity index (χ0n) is 14.6. The fourth-order valence-electron chi connectivity index (χ4n) is 3.00. The Labute approximate surface area is 167 Å². The van der Waals surface area contributed by atoms with E-state index < -0.39 is 0 Å². The summed E-state index contributed by atoms with van der Waals surface area (Å²) in [6.45, 7) is 2.59. The molecule has 0 bridgehead atoms. The molecule has 0 saturated carbocycles. The Morgan fingerprint density at radius 2 is 1.96 bits per heavy atom. The van der Waals surface area contributed by atoms with Crippen molar-refractivity contribution < 1.29 is 9.90 Å². The molecule has 0 atom stereocenters. The van der Waals surface area contributed by atoms with E-state index in [1.165, 1.54) is 0 Å². The van der Waals surface area contributed by atoms with Crippen molar-refractivity contribution in [1.29, 1.82) is 0 Å². The average molecular weight is 460 g/mol. The van der Waals surface area contributed by atoms with Crippen LogP contribution in [0.5, 0.6) is 5.75 Å². The number of aromatic hydroxyl groups is 1. The summed E-state index contributed by atoms with van der Waals surface area (Å²) in [4.78, 5) is 13.1. The Hall–Kier alpha value is -2.12. The molecule has 0 saturated heterocycles. The molecule has 0 aliphatic heterocycles. The molecule has 0 aliphatic carbocycles. The summed E-state index contributed by atoms with van der Waals surface area (Å²) in [7, 11) is 0. The second kappa shape index (κ2) is 8.05. The van der Waals surface area contributed by atoms with Crippen LogP contribution in [0, 0.1) is 6.92 Å². The van der Waals surface area contributed by atoms with Crippen molar-refractivity contribution >= 4 is 45.2 Å². The molecule has 1 amide bonds. The summed E-state index contributed by atoms with van der Waals surface area (Å²) in [6.07, 6.45) is 1.77. The van der Waals surface area contributed by atoms with Gasteiger partial charge in [0.25, 0.3) is 5.91 Å². The number of anilines is 1. The number of nitrogens with zero attached hydrogens (tertiary/aromatic N) is 1. The van der Waals surface area contributed by atoms with Crippen molar-refractivity contribution in [2.45, 2.75) is 19.8 Å². The third-order valence-corrected chi connectivity index (χ3v) is 5.39. The van der Waals surface area contributed by atoms with Gasteiger partial charge < -0.3 is 10.8 Å². The minimum absolute atomic E-state index is 0.0572. The van der Waals surface area contributed by atoms with E-state index in [4.69, 9.17) is 5.73 Å². The van der Waals surface area contributed by atoms with Gasteiger partial charge in [0.1, 0.15) is 5.75 Å². The fourth-order valence-corrected chi connectivity index (χ4v) is 3.68. The van der Waals surface area contributed by atoms with E-state index >= 15 is 0 Å². The van der Waals surface area contributed by atoms with Gasteiger partial charge in [0.15, 0.2) is 0 Å². The molecule has 0 heterocycles. The molecule has 0 radical (unpaired) electrons. The molecule has 3 aromatic carbocycles. The fraction of sp³-hybridized carbons (Fsp3) is 0.190. The molecule has 3 rings (SSSR count). The average Bonchev–Trinajstić information content (AvgIpc) is 2.65. The predicted octanol–water partition coefficient (Wildman–Crippen LogP) is 4.74. The highest BCUT2D eigenvalue weighted by molar-refractivity contribution is 14.1. The number of phenolic OH excluding ortho intramolecular Hbond substituents is 1. The maximum absolute atomic E-state index is 13.1. The van der Waals surface area contributed by atoms with Crippen molar-refractivity contribution in [3.63, 3.8) is 0 Å². The Morgan fingerprint density at radius 1 is 1.15 bits per heavy atom. The number of halogens is 1. The first-order chi connectivity index (χ1) is 12.5. The second-order valence-corrected chi connectivity index (χ2v) is 7.27. The number of hydrogen-bond donors (Lipinski definition) is 2. The number of nitrogens with two attached hydrogens (primary N) is 1. The summed E-state index contributed by atoms with van der Waals surface area (Å²) < 4.78 is 1.65. The molecule has 0 unspecified atom stereocenters. The maximum atomic E-state index is 13.1. The number of rotatable bonds is 5. The SMILES string of the molecule is Cc1ccc(CCCN)cc1C(=O)N(I)c1cccc2cc(O)ccc12. The van der Waals surface area contributed by atoms with Gasteiger partial charge in [-0.25, -0.2) is 3.11 Å². The topological polar surface area (TPSA) is 66.6 Å². The molecule has 3 aromatic rings. The Kier molecular flexibility index (Phi) is 5.78. The highest BCUT2D eigenvalue weighted by Gasteiger charge is 2.19. The second-order valence-electron chi connectivity index (χ2n) is 6.31. The van der Waals surface area contributed by atoms with Crippen LogP contribution in [0.3, 0.4) is 0 Å². The van der Waals surface area contributed by atoms with Gasteiger partial charge in [-0.05, 0) is 73.2 Å². The molecule has 3 N–H and O–H groups in total. The molecule has 134 valence electrons. The van der Waals surface area contributed by atoms with Gasteiger partial charge in [-0.15, -0.1) is 0 Å². The normalized spacial score (nSPS) is 10.9. The van der Waals surface area contributed by atoms with Crippen LogP contribution in [-0.4, -0.2) is 17.6 Å². The first-order valence-corrected chi connectivity index (χ1v) is 9.49. The smallest absolute Gasteiger partial charge is 0.267 e. The lowest BCUT2D eigenvalue weighted by atomic mass is 10.0. The van der Waals surface area contributed by atoms with Crippen molar-refractivity contribution in [3.05, 3.63) is 71.3 Å². The first-order valence-electron chi connectivity index (χ1n) is 8.53. The van der Waals surface area contributed by atoms with E-state index in [-0.39, 0.29) is 11.7 Å². The Balaban J connectivity index is 1.98. The van der Waals surface area contributed by atoms with Crippen molar-refractivity contribution in [2.24, 2.45) is 5.73 Å². The van der Waals surface area contributed by atoms with Crippen molar-refractivity contribution in [2.75, 3.05) is 9.66 Å². The first kappa shape index (κ1) is 18.7. The Bertz CT molecular complexity index is 956. The number of carbonyl (C=O) groups is 1.